The molecule has 1 aromatic rings. The summed E-state index contributed by atoms with van der Waals surface area (Å²) >= 11 is 12.2. The van der Waals surface area contributed by atoms with Crippen LogP contribution in [0.4, 0.5) is 0 Å². The van der Waals surface area contributed by atoms with Crippen LogP contribution in [0, 0.1) is 5.92 Å². The number of hydrogen-bond acceptors (Lipinski definition) is 2. The van der Waals surface area contributed by atoms with Crippen LogP contribution in [0.15, 0.2) is 18.2 Å². The molecule has 2 atom stereocenters. The normalized spacial score (nSPS) is 14.8. The molecule has 0 spiro atoms. The monoisotopic (exact) mass is 289 g/mol. The summed E-state index contributed by atoms with van der Waals surface area (Å²) in [6.07, 6.45) is 0.701. The van der Waals surface area contributed by atoms with E-state index in [1.165, 1.54) is 0 Å². The molecular weight excluding hydrogens is 269 g/mol. The van der Waals surface area contributed by atoms with E-state index in [4.69, 9.17) is 33.7 Å². The van der Waals surface area contributed by atoms with E-state index in [9.17, 15) is 0 Å². The average Bonchev–Trinajstić information content (AvgIpc) is 2.31. The molecule has 0 heterocycles. The molecule has 0 saturated carbocycles. The minimum absolute atomic E-state index is 0.0325. The summed E-state index contributed by atoms with van der Waals surface area (Å²) in [5, 5.41) is 1.16. The van der Waals surface area contributed by atoms with E-state index in [0.717, 1.165) is 5.56 Å². The highest BCUT2D eigenvalue weighted by Gasteiger charge is 2.22. The SMILES string of the molecule is CCOC(C(C)C)C(N)Cc1cccc(Cl)c1Cl. The fourth-order valence-electron chi connectivity index (χ4n) is 2.08. The van der Waals surface area contributed by atoms with Crippen molar-refractivity contribution in [1.29, 1.82) is 0 Å². The molecule has 0 saturated heterocycles. The Balaban J connectivity index is 2.79. The molecule has 0 aromatic heterocycles. The molecule has 0 aliphatic carbocycles. The average molecular weight is 290 g/mol. The Labute approximate surface area is 119 Å². The van der Waals surface area contributed by atoms with Crippen LogP contribution in [-0.2, 0) is 11.2 Å². The van der Waals surface area contributed by atoms with Crippen LogP contribution >= 0.6 is 23.2 Å². The minimum atomic E-state index is -0.0825. The van der Waals surface area contributed by atoms with Crippen molar-refractivity contribution in [2.75, 3.05) is 6.61 Å². The summed E-state index contributed by atoms with van der Waals surface area (Å²) in [5.74, 6) is 0.373. The van der Waals surface area contributed by atoms with Gasteiger partial charge in [-0.25, -0.2) is 0 Å². The first-order valence-corrected chi connectivity index (χ1v) is 7.03. The smallest absolute Gasteiger partial charge is 0.0751 e. The zero-order valence-corrected chi connectivity index (χ0v) is 12.6. The Morgan fingerprint density at radius 2 is 1.94 bits per heavy atom. The van der Waals surface area contributed by atoms with E-state index in [0.29, 0.717) is 29.0 Å². The molecule has 1 rings (SSSR count). The Kier molecular flexibility index (Phi) is 6.44. The lowest BCUT2D eigenvalue weighted by atomic mass is 9.94. The summed E-state index contributed by atoms with van der Waals surface area (Å²) in [7, 11) is 0. The van der Waals surface area contributed by atoms with Gasteiger partial charge < -0.3 is 10.5 Å². The third-order valence-corrected chi connectivity index (χ3v) is 3.78. The second-order valence-electron chi connectivity index (χ2n) is 4.74. The second kappa shape index (κ2) is 7.34. The molecule has 0 fully saturated rings. The summed E-state index contributed by atoms with van der Waals surface area (Å²) in [6, 6.07) is 5.54. The van der Waals surface area contributed by atoms with Crippen molar-refractivity contribution in [2.45, 2.75) is 39.3 Å². The molecule has 4 heteroatoms. The highest BCUT2D eigenvalue weighted by Crippen LogP contribution is 2.27. The zero-order chi connectivity index (χ0) is 13.7. The second-order valence-corrected chi connectivity index (χ2v) is 5.53. The molecule has 0 amide bonds. The fourth-order valence-corrected chi connectivity index (χ4v) is 2.48. The van der Waals surface area contributed by atoms with Gasteiger partial charge in [0.15, 0.2) is 0 Å². The van der Waals surface area contributed by atoms with Crippen molar-refractivity contribution in [3.63, 3.8) is 0 Å². The van der Waals surface area contributed by atoms with Gasteiger partial charge in [0, 0.05) is 12.6 Å². The number of nitrogens with two attached hydrogens (primary N) is 1. The van der Waals surface area contributed by atoms with Gasteiger partial charge in [-0.05, 0) is 30.9 Å². The first kappa shape index (κ1) is 15.8. The van der Waals surface area contributed by atoms with Gasteiger partial charge >= 0.3 is 0 Å². The molecule has 0 aliphatic rings. The number of halogens is 2. The van der Waals surface area contributed by atoms with Gasteiger partial charge in [0.05, 0.1) is 16.1 Å². The van der Waals surface area contributed by atoms with Crippen molar-refractivity contribution in [1.82, 2.24) is 0 Å². The fraction of sp³-hybridized carbons (Fsp3) is 0.571. The van der Waals surface area contributed by atoms with Crippen molar-refractivity contribution in [3.8, 4) is 0 Å². The van der Waals surface area contributed by atoms with Crippen LogP contribution in [-0.4, -0.2) is 18.8 Å². The maximum absolute atomic E-state index is 6.23. The van der Waals surface area contributed by atoms with Gasteiger partial charge in [-0.1, -0.05) is 49.2 Å². The van der Waals surface area contributed by atoms with Gasteiger partial charge in [0.25, 0.3) is 0 Å². The van der Waals surface area contributed by atoms with Crippen LogP contribution in [0.5, 0.6) is 0 Å². The van der Waals surface area contributed by atoms with Crippen molar-refractivity contribution in [2.24, 2.45) is 11.7 Å². The van der Waals surface area contributed by atoms with E-state index in [2.05, 4.69) is 13.8 Å². The summed E-state index contributed by atoms with van der Waals surface area (Å²) in [6.45, 7) is 6.87. The van der Waals surface area contributed by atoms with Crippen molar-refractivity contribution < 1.29 is 4.74 Å². The third kappa shape index (κ3) is 4.13. The predicted molar refractivity (Wildman–Crippen MR) is 78.4 cm³/mol. The van der Waals surface area contributed by atoms with Gasteiger partial charge in [0.2, 0.25) is 0 Å². The van der Waals surface area contributed by atoms with Crippen molar-refractivity contribution >= 4 is 23.2 Å². The highest BCUT2D eigenvalue weighted by molar-refractivity contribution is 6.42. The largest absolute Gasteiger partial charge is 0.377 e. The van der Waals surface area contributed by atoms with E-state index in [1.807, 2.05) is 19.1 Å². The lowest BCUT2D eigenvalue weighted by Crippen LogP contribution is -2.42. The van der Waals surface area contributed by atoms with Gasteiger partial charge in [-0.3, -0.25) is 0 Å². The summed E-state index contributed by atoms with van der Waals surface area (Å²) in [4.78, 5) is 0. The topological polar surface area (TPSA) is 35.2 Å². The van der Waals surface area contributed by atoms with Crippen LogP contribution in [0.1, 0.15) is 26.3 Å². The van der Waals surface area contributed by atoms with E-state index < -0.39 is 0 Å². The number of rotatable bonds is 6. The number of ether oxygens (including phenoxy) is 1. The maximum atomic E-state index is 6.23. The first-order valence-electron chi connectivity index (χ1n) is 6.27. The quantitative estimate of drug-likeness (QED) is 0.861. The summed E-state index contributed by atoms with van der Waals surface area (Å²) < 4.78 is 5.71. The Morgan fingerprint density at radius 1 is 1.28 bits per heavy atom. The molecule has 2 unspecified atom stereocenters. The van der Waals surface area contributed by atoms with Crippen LogP contribution in [0.3, 0.4) is 0 Å². The Morgan fingerprint density at radius 3 is 2.50 bits per heavy atom. The van der Waals surface area contributed by atoms with E-state index >= 15 is 0 Å². The lowest BCUT2D eigenvalue weighted by molar-refractivity contribution is 0.0128. The standard InChI is InChI=1S/C14H21Cl2NO/c1-4-18-14(9(2)3)12(17)8-10-6-5-7-11(15)13(10)16/h5-7,9,12,14H,4,8,17H2,1-3H3. The highest BCUT2D eigenvalue weighted by atomic mass is 35.5. The van der Waals surface area contributed by atoms with Gasteiger partial charge in [-0.2, -0.15) is 0 Å². The summed E-state index contributed by atoms with van der Waals surface area (Å²) in [5.41, 5.74) is 7.20. The number of hydrogen-bond donors (Lipinski definition) is 1. The third-order valence-electron chi connectivity index (χ3n) is 2.93. The zero-order valence-electron chi connectivity index (χ0n) is 11.1. The first-order chi connectivity index (χ1) is 8.47. The molecule has 0 aliphatic heterocycles. The molecule has 0 radical (unpaired) electrons. The molecule has 102 valence electrons. The maximum Gasteiger partial charge on any atom is 0.0751 e. The molecule has 0 bridgehead atoms. The van der Waals surface area contributed by atoms with Gasteiger partial charge in [0.1, 0.15) is 0 Å². The lowest BCUT2D eigenvalue weighted by Gasteiger charge is -2.27. The van der Waals surface area contributed by atoms with Crippen LogP contribution in [0.2, 0.25) is 10.0 Å². The van der Waals surface area contributed by atoms with E-state index in [-0.39, 0.29) is 12.1 Å². The molecular formula is C14H21Cl2NO. The molecule has 1 aromatic carbocycles. The molecule has 2 N–H and O–H groups in total. The molecule has 18 heavy (non-hydrogen) atoms. The Hall–Kier alpha value is -0.280. The Bertz CT molecular complexity index is 382. The van der Waals surface area contributed by atoms with Crippen LogP contribution in [0.25, 0.3) is 0 Å². The number of benzene rings is 1. The minimum Gasteiger partial charge on any atom is -0.377 e. The predicted octanol–water partition coefficient (Wildman–Crippen LogP) is 3.92. The van der Waals surface area contributed by atoms with Crippen LogP contribution < -0.4 is 5.73 Å². The molecule has 2 nitrogen and oxygen atoms in total. The van der Waals surface area contributed by atoms with Gasteiger partial charge in [-0.15, -0.1) is 0 Å². The van der Waals surface area contributed by atoms with Crippen molar-refractivity contribution in [3.05, 3.63) is 33.8 Å². The van der Waals surface area contributed by atoms with E-state index in [1.54, 1.807) is 6.07 Å².